The number of benzene rings is 2. The van der Waals surface area contributed by atoms with Gasteiger partial charge < -0.3 is 9.15 Å². The summed E-state index contributed by atoms with van der Waals surface area (Å²) in [7, 11) is 0. The highest BCUT2D eigenvalue weighted by molar-refractivity contribution is 8.27. The second-order valence-electron chi connectivity index (χ2n) is 6.68. The summed E-state index contributed by atoms with van der Waals surface area (Å²) in [5.74, 6) is 1.32. The highest BCUT2D eigenvalue weighted by atomic mass is 32.2. The van der Waals surface area contributed by atoms with Gasteiger partial charge in [-0.25, -0.2) is 0 Å². The molecule has 3 heterocycles. The van der Waals surface area contributed by atoms with Crippen LogP contribution in [0.3, 0.4) is 0 Å². The van der Waals surface area contributed by atoms with Crippen molar-refractivity contribution in [2.75, 3.05) is 6.61 Å². The van der Waals surface area contributed by atoms with Crippen molar-refractivity contribution in [2.24, 2.45) is 10.1 Å². The molecule has 31 heavy (non-hydrogen) atoms. The van der Waals surface area contributed by atoms with E-state index in [-0.39, 0.29) is 18.0 Å². The summed E-state index contributed by atoms with van der Waals surface area (Å²) < 4.78 is 11.5. The number of hydrazone groups is 1. The molecule has 5 rings (SSSR count). The lowest BCUT2D eigenvalue weighted by molar-refractivity contribution is -0.114. The van der Waals surface area contributed by atoms with Crippen LogP contribution in [0.15, 0.2) is 92.9 Å². The number of para-hydroxylation sites is 1. The van der Waals surface area contributed by atoms with Crippen LogP contribution < -0.4 is 4.74 Å². The van der Waals surface area contributed by atoms with E-state index >= 15 is 0 Å². The molecular weight excluding hydrogens is 412 g/mol. The van der Waals surface area contributed by atoms with E-state index in [0.29, 0.717) is 21.7 Å². The second-order valence-corrected chi connectivity index (χ2v) is 7.72. The summed E-state index contributed by atoms with van der Waals surface area (Å²) in [5.41, 5.74) is 1.05. The number of fused-ring (bicyclic) bond motifs is 1. The topological polar surface area (TPSA) is 91.2 Å². The molecule has 8 heteroatoms. The Balaban J connectivity index is 1.35. The molecule has 2 aliphatic heterocycles. The highest BCUT2D eigenvalue weighted by Crippen LogP contribution is 2.29. The van der Waals surface area contributed by atoms with Gasteiger partial charge in [-0.3, -0.25) is 10.2 Å². The third-order valence-corrected chi connectivity index (χ3v) is 5.46. The Morgan fingerprint density at radius 3 is 2.55 bits per heavy atom. The number of ether oxygens (including phenoxy) is 1. The fourth-order valence-corrected chi connectivity index (χ4v) is 3.88. The quantitative estimate of drug-likeness (QED) is 0.598. The number of amidine groups is 2. The number of aliphatic imine (C=N–C) groups is 1. The van der Waals surface area contributed by atoms with E-state index in [1.54, 1.807) is 6.07 Å². The maximum absolute atomic E-state index is 12.6. The molecule has 0 radical (unpaired) electrons. The Hall–Kier alpha value is -3.91. The molecule has 1 N–H and O–H groups in total. The number of furan rings is 1. The number of hydrogen-bond donors (Lipinski definition) is 1. The van der Waals surface area contributed by atoms with Gasteiger partial charge in [-0.1, -0.05) is 48.5 Å². The maximum Gasteiger partial charge on any atom is 0.283 e. The van der Waals surface area contributed by atoms with E-state index in [1.165, 1.54) is 22.8 Å². The predicted molar refractivity (Wildman–Crippen MR) is 121 cm³/mol. The lowest BCUT2D eigenvalue weighted by Gasteiger charge is -2.19. The summed E-state index contributed by atoms with van der Waals surface area (Å²) >= 11 is 1.22. The van der Waals surface area contributed by atoms with Gasteiger partial charge in [0.2, 0.25) is 5.17 Å². The first-order chi connectivity index (χ1) is 15.2. The summed E-state index contributed by atoms with van der Waals surface area (Å²) in [6, 6.07) is 22.6. The van der Waals surface area contributed by atoms with Crippen molar-refractivity contribution in [1.29, 1.82) is 5.41 Å². The van der Waals surface area contributed by atoms with E-state index in [2.05, 4.69) is 10.1 Å². The van der Waals surface area contributed by atoms with Gasteiger partial charge in [0, 0.05) is 5.56 Å². The van der Waals surface area contributed by atoms with Gasteiger partial charge in [0.05, 0.1) is 5.57 Å². The predicted octanol–water partition coefficient (Wildman–Crippen LogP) is 4.64. The van der Waals surface area contributed by atoms with Crippen molar-refractivity contribution in [3.8, 4) is 17.1 Å². The van der Waals surface area contributed by atoms with Crippen molar-refractivity contribution < 1.29 is 13.9 Å². The minimum absolute atomic E-state index is 0.0464. The van der Waals surface area contributed by atoms with Crippen LogP contribution in [0.2, 0.25) is 0 Å². The van der Waals surface area contributed by atoms with Crippen molar-refractivity contribution in [2.45, 2.75) is 0 Å². The van der Waals surface area contributed by atoms with Crippen molar-refractivity contribution in [1.82, 2.24) is 5.01 Å². The molecule has 1 amide bonds. The Morgan fingerprint density at radius 1 is 1.03 bits per heavy atom. The van der Waals surface area contributed by atoms with E-state index < -0.39 is 5.91 Å². The monoisotopic (exact) mass is 428 g/mol. The number of hydrogen-bond acceptors (Lipinski definition) is 6. The first kappa shape index (κ1) is 19.1. The van der Waals surface area contributed by atoms with Gasteiger partial charge in [-0.2, -0.15) is 15.1 Å². The summed E-state index contributed by atoms with van der Waals surface area (Å²) in [5, 5.41) is 15.2. The number of carbonyl (C=O) groups excluding carboxylic acids is 1. The van der Waals surface area contributed by atoms with Gasteiger partial charge in [0.15, 0.2) is 5.84 Å². The van der Waals surface area contributed by atoms with Crippen molar-refractivity contribution in [3.63, 3.8) is 0 Å². The average molecular weight is 428 g/mol. The molecular formula is C23H16N4O3S. The fraction of sp³-hybridized carbons (Fsp3) is 0.0435. The van der Waals surface area contributed by atoms with Gasteiger partial charge >= 0.3 is 0 Å². The number of nitrogens with one attached hydrogen (secondary N) is 1. The minimum atomic E-state index is -0.498. The van der Waals surface area contributed by atoms with Crippen LogP contribution in [-0.4, -0.2) is 33.6 Å². The lowest BCUT2D eigenvalue weighted by Crippen LogP contribution is -2.35. The van der Waals surface area contributed by atoms with Crippen LogP contribution in [0.5, 0.6) is 5.75 Å². The molecule has 0 bridgehead atoms. The molecule has 0 fully saturated rings. The molecule has 1 aromatic heterocycles. The Morgan fingerprint density at radius 2 is 1.77 bits per heavy atom. The normalized spacial score (nSPS) is 16.9. The molecule has 0 aliphatic carbocycles. The van der Waals surface area contributed by atoms with Gasteiger partial charge in [-0.15, -0.1) is 0 Å². The number of thioether (sulfide) groups is 1. The molecule has 2 aliphatic rings. The van der Waals surface area contributed by atoms with E-state index in [1.807, 2.05) is 66.7 Å². The van der Waals surface area contributed by atoms with E-state index in [4.69, 9.17) is 14.6 Å². The Bertz CT molecular complexity index is 1250. The first-order valence-corrected chi connectivity index (χ1v) is 10.3. The molecule has 2 aromatic carbocycles. The standard InChI is InChI=1S/C23H16N4O3S/c24-21-18(13-17-11-12-19(30-17)15-7-3-1-4-8-15)22(28)25-23-27(21)26-20(31-23)14-29-16-9-5-2-6-10-16/h1-13,24H,14H2/b18-13+,24-21?. The van der Waals surface area contributed by atoms with Crippen LogP contribution in [0, 0.1) is 5.41 Å². The summed E-state index contributed by atoms with van der Waals surface area (Å²) in [6.07, 6.45) is 1.52. The third-order valence-electron chi connectivity index (χ3n) is 4.57. The van der Waals surface area contributed by atoms with Crippen molar-refractivity contribution in [3.05, 3.63) is 84.1 Å². The van der Waals surface area contributed by atoms with Crippen LogP contribution in [0.1, 0.15) is 5.76 Å². The largest absolute Gasteiger partial charge is 0.487 e. The summed E-state index contributed by atoms with van der Waals surface area (Å²) in [6.45, 7) is 0.226. The molecule has 0 unspecified atom stereocenters. The van der Waals surface area contributed by atoms with E-state index in [9.17, 15) is 4.79 Å². The molecule has 7 nitrogen and oxygen atoms in total. The molecule has 0 saturated carbocycles. The molecule has 152 valence electrons. The average Bonchev–Trinajstić information content (AvgIpc) is 3.44. The SMILES string of the molecule is N=C1/C(=C\c2ccc(-c3ccccc3)o2)C(=O)N=C2SC(COc3ccccc3)=NN12. The smallest absolute Gasteiger partial charge is 0.283 e. The third kappa shape index (κ3) is 3.93. The van der Waals surface area contributed by atoms with Crippen LogP contribution in [0.4, 0.5) is 0 Å². The first-order valence-electron chi connectivity index (χ1n) is 9.49. The highest BCUT2D eigenvalue weighted by Gasteiger charge is 2.36. The zero-order chi connectivity index (χ0) is 21.2. The number of nitrogens with zero attached hydrogens (tertiary/aromatic N) is 3. The van der Waals surface area contributed by atoms with Crippen LogP contribution in [0.25, 0.3) is 17.4 Å². The van der Waals surface area contributed by atoms with Gasteiger partial charge in [0.25, 0.3) is 5.91 Å². The van der Waals surface area contributed by atoms with Crippen LogP contribution >= 0.6 is 11.8 Å². The van der Waals surface area contributed by atoms with Crippen LogP contribution in [-0.2, 0) is 4.79 Å². The molecule has 0 saturated heterocycles. The zero-order valence-corrected chi connectivity index (χ0v) is 17.0. The minimum Gasteiger partial charge on any atom is -0.487 e. The molecule has 0 spiro atoms. The Kier molecular flexibility index (Phi) is 4.97. The van der Waals surface area contributed by atoms with Crippen molar-refractivity contribution >= 4 is 39.8 Å². The van der Waals surface area contributed by atoms with Gasteiger partial charge in [0.1, 0.15) is 28.9 Å². The zero-order valence-electron chi connectivity index (χ0n) is 16.2. The lowest BCUT2D eigenvalue weighted by atomic mass is 10.1. The number of amides is 1. The number of carbonyl (C=O) groups is 1. The van der Waals surface area contributed by atoms with E-state index in [0.717, 1.165) is 11.3 Å². The van der Waals surface area contributed by atoms with Gasteiger partial charge in [-0.05, 0) is 42.1 Å². The Labute approximate surface area is 182 Å². The molecule has 3 aromatic rings. The summed E-state index contributed by atoms with van der Waals surface area (Å²) in [4.78, 5) is 16.6. The fourth-order valence-electron chi connectivity index (χ4n) is 3.08. The second kappa shape index (κ2) is 8.08. The number of rotatable bonds is 5. The molecule has 0 atom stereocenters. The maximum atomic E-state index is 12.6.